The zero-order valence-corrected chi connectivity index (χ0v) is 13.0. The standard InChI is InChI=1S/C16H16N2O2S/c1-10-11(2)21-16(14(10)9-17)18-15(19)8-12-5-4-6-13(7-12)20-3/h4-7H,8H2,1-3H3,(H,18,19). The van der Waals surface area contributed by atoms with E-state index in [1.54, 1.807) is 7.11 Å². The van der Waals surface area contributed by atoms with Gasteiger partial charge in [0.25, 0.3) is 0 Å². The maximum atomic E-state index is 12.1. The minimum atomic E-state index is -0.138. The van der Waals surface area contributed by atoms with E-state index in [4.69, 9.17) is 4.74 Å². The molecule has 1 heterocycles. The fourth-order valence-corrected chi connectivity index (χ4v) is 3.02. The van der Waals surface area contributed by atoms with Crippen molar-refractivity contribution in [1.82, 2.24) is 0 Å². The smallest absolute Gasteiger partial charge is 0.229 e. The normalized spacial score (nSPS) is 10.0. The summed E-state index contributed by atoms with van der Waals surface area (Å²) in [6.07, 6.45) is 0.248. The topological polar surface area (TPSA) is 62.1 Å². The number of ether oxygens (including phenoxy) is 1. The van der Waals surface area contributed by atoms with Crippen LogP contribution < -0.4 is 10.1 Å². The van der Waals surface area contributed by atoms with Gasteiger partial charge in [0.15, 0.2) is 0 Å². The van der Waals surface area contributed by atoms with E-state index < -0.39 is 0 Å². The Balaban J connectivity index is 2.12. The average molecular weight is 300 g/mol. The number of nitriles is 1. The SMILES string of the molecule is COc1cccc(CC(=O)Nc2sc(C)c(C)c2C#N)c1. The van der Waals surface area contributed by atoms with Gasteiger partial charge in [-0.15, -0.1) is 11.3 Å². The molecule has 0 unspecified atom stereocenters. The number of benzene rings is 1. The summed E-state index contributed by atoms with van der Waals surface area (Å²) in [7, 11) is 1.59. The minimum absolute atomic E-state index is 0.138. The van der Waals surface area contributed by atoms with Crippen LogP contribution in [0.3, 0.4) is 0 Å². The molecule has 0 saturated heterocycles. The molecule has 4 nitrogen and oxygen atoms in total. The number of nitrogens with zero attached hydrogens (tertiary/aromatic N) is 1. The van der Waals surface area contributed by atoms with E-state index in [1.807, 2.05) is 38.1 Å². The lowest BCUT2D eigenvalue weighted by atomic mass is 10.1. The maximum Gasteiger partial charge on any atom is 0.229 e. The highest BCUT2D eigenvalue weighted by molar-refractivity contribution is 7.16. The molecule has 1 N–H and O–H groups in total. The Labute approximate surface area is 128 Å². The lowest BCUT2D eigenvalue weighted by molar-refractivity contribution is -0.115. The lowest BCUT2D eigenvalue weighted by Gasteiger charge is -2.05. The number of aryl methyl sites for hydroxylation is 1. The molecule has 21 heavy (non-hydrogen) atoms. The van der Waals surface area contributed by atoms with Crippen LogP contribution in [0.25, 0.3) is 0 Å². The average Bonchev–Trinajstić information content (AvgIpc) is 2.73. The number of carbonyl (C=O) groups excluding carboxylic acids is 1. The number of methoxy groups -OCH3 is 1. The number of carbonyl (C=O) groups is 1. The van der Waals surface area contributed by atoms with E-state index in [9.17, 15) is 10.1 Å². The molecule has 2 aromatic rings. The molecule has 108 valence electrons. The Bertz CT molecular complexity index is 714. The molecule has 0 radical (unpaired) electrons. The first-order valence-electron chi connectivity index (χ1n) is 6.48. The van der Waals surface area contributed by atoms with Crippen molar-refractivity contribution in [3.63, 3.8) is 0 Å². The number of anilines is 1. The summed E-state index contributed by atoms with van der Waals surface area (Å²) in [5.74, 6) is 0.585. The highest BCUT2D eigenvalue weighted by Gasteiger charge is 2.14. The Morgan fingerprint density at radius 3 is 2.86 bits per heavy atom. The molecule has 0 aliphatic heterocycles. The monoisotopic (exact) mass is 300 g/mol. The van der Waals surface area contributed by atoms with Crippen LogP contribution in [0.15, 0.2) is 24.3 Å². The maximum absolute atomic E-state index is 12.1. The fourth-order valence-electron chi connectivity index (χ4n) is 1.99. The van der Waals surface area contributed by atoms with Gasteiger partial charge in [0.05, 0.1) is 19.1 Å². The Kier molecular flexibility index (Phi) is 4.61. The molecule has 1 aromatic carbocycles. The van der Waals surface area contributed by atoms with Gasteiger partial charge in [0.2, 0.25) is 5.91 Å². The van der Waals surface area contributed by atoms with E-state index >= 15 is 0 Å². The van der Waals surface area contributed by atoms with Crippen LogP contribution in [0.5, 0.6) is 5.75 Å². The van der Waals surface area contributed by atoms with Gasteiger partial charge in [-0.1, -0.05) is 12.1 Å². The van der Waals surface area contributed by atoms with E-state index in [-0.39, 0.29) is 12.3 Å². The van der Waals surface area contributed by atoms with Crippen molar-refractivity contribution < 1.29 is 9.53 Å². The molecule has 0 bridgehead atoms. The first kappa shape index (κ1) is 15.1. The summed E-state index contributed by atoms with van der Waals surface area (Å²) >= 11 is 1.43. The molecule has 0 atom stereocenters. The summed E-state index contributed by atoms with van der Waals surface area (Å²) in [6.45, 7) is 3.83. The third kappa shape index (κ3) is 3.41. The lowest BCUT2D eigenvalue weighted by Crippen LogP contribution is -2.14. The number of nitrogens with one attached hydrogen (secondary N) is 1. The Morgan fingerprint density at radius 1 is 1.43 bits per heavy atom. The molecular weight excluding hydrogens is 284 g/mol. The first-order valence-corrected chi connectivity index (χ1v) is 7.29. The summed E-state index contributed by atoms with van der Waals surface area (Å²) < 4.78 is 5.14. The zero-order chi connectivity index (χ0) is 15.4. The van der Waals surface area contributed by atoms with Crippen LogP contribution in [0.1, 0.15) is 21.6 Å². The summed E-state index contributed by atoms with van der Waals surface area (Å²) in [5.41, 5.74) is 2.35. The predicted octanol–water partition coefficient (Wildman–Crippen LogP) is 3.43. The van der Waals surface area contributed by atoms with Crippen molar-refractivity contribution in [2.45, 2.75) is 20.3 Å². The summed E-state index contributed by atoms with van der Waals surface area (Å²) in [6, 6.07) is 9.53. The van der Waals surface area contributed by atoms with Crippen LogP contribution in [-0.4, -0.2) is 13.0 Å². The molecule has 0 spiro atoms. The molecular formula is C16H16N2O2S. The predicted molar refractivity (Wildman–Crippen MR) is 83.8 cm³/mol. The van der Waals surface area contributed by atoms with Gasteiger partial charge in [-0.3, -0.25) is 4.79 Å². The van der Waals surface area contributed by atoms with E-state index in [1.165, 1.54) is 11.3 Å². The second-order valence-electron chi connectivity index (χ2n) is 4.68. The fraction of sp³-hybridized carbons (Fsp3) is 0.250. The second kappa shape index (κ2) is 6.42. The van der Waals surface area contributed by atoms with Crippen LogP contribution in [-0.2, 0) is 11.2 Å². The van der Waals surface area contributed by atoms with Gasteiger partial charge in [0.1, 0.15) is 16.8 Å². The van der Waals surface area contributed by atoms with Crippen LogP contribution in [0.2, 0.25) is 0 Å². The number of thiophene rings is 1. The number of hydrogen-bond acceptors (Lipinski definition) is 4. The highest BCUT2D eigenvalue weighted by atomic mass is 32.1. The first-order chi connectivity index (χ1) is 10.0. The summed E-state index contributed by atoms with van der Waals surface area (Å²) in [4.78, 5) is 13.2. The second-order valence-corrected chi connectivity index (χ2v) is 5.90. The van der Waals surface area contributed by atoms with E-state index in [0.29, 0.717) is 10.6 Å². The molecule has 1 aromatic heterocycles. The third-order valence-electron chi connectivity index (χ3n) is 3.25. The molecule has 1 amide bonds. The minimum Gasteiger partial charge on any atom is -0.497 e. The van der Waals surface area contributed by atoms with Crippen LogP contribution >= 0.6 is 11.3 Å². The van der Waals surface area contributed by atoms with E-state index in [0.717, 1.165) is 21.8 Å². The van der Waals surface area contributed by atoms with Crippen molar-refractivity contribution in [3.8, 4) is 11.8 Å². The third-order valence-corrected chi connectivity index (χ3v) is 4.37. The summed E-state index contributed by atoms with van der Waals surface area (Å²) in [5, 5.41) is 12.6. The Morgan fingerprint density at radius 2 is 2.19 bits per heavy atom. The van der Waals surface area contributed by atoms with Gasteiger partial charge in [-0.2, -0.15) is 5.26 Å². The molecule has 2 rings (SSSR count). The quantitative estimate of drug-likeness (QED) is 0.941. The largest absolute Gasteiger partial charge is 0.497 e. The van der Waals surface area contributed by atoms with E-state index in [2.05, 4.69) is 11.4 Å². The molecule has 0 saturated carbocycles. The van der Waals surface area contributed by atoms with Crippen molar-refractivity contribution in [2.75, 3.05) is 12.4 Å². The molecule has 0 aliphatic carbocycles. The van der Waals surface area contributed by atoms with Gasteiger partial charge in [0, 0.05) is 4.88 Å². The van der Waals surface area contributed by atoms with Gasteiger partial charge >= 0.3 is 0 Å². The van der Waals surface area contributed by atoms with Gasteiger partial charge in [-0.05, 0) is 37.1 Å². The molecule has 0 fully saturated rings. The molecule has 0 aliphatic rings. The van der Waals surface area contributed by atoms with Crippen molar-refractivity contribution in [1.29, 1.82) is 5.26 Å². The van der Waals surface area contributed by atoms with Crippen molar-refractivity contribution in [2.24, 2.45) is 0 Å². The van der Waals surface area contributed by atoms with Crippen molar-refractivity contribution >= 4 is 22.2 Å². The van der Waals surface area contributed by atoms with Crippen LogP contribution in [0, 0.1) is 25.2 Å². The molecule has 5 heteroatoms. The number of rotatable bonds is 4. The van der Waals surface area contributed by atoms with Crippen LogP contribution in [0.4, 0.5) is 5.00 Å². The zero-order valence-electron chi connectivity index (χ0n) is 12.2. The van der Waals surface area contributed by atoms with Gasteiger partial charge in [-0.25, -0.2) is 0 Å². The Hall–Kier alpha value is -2.32. The number of amides is 1. The van der Waals surface area contributed by atoms with Crippen molar-refractivity contribution in [3.05, 3.63) is 45.8 Å². The number of hydrogen-bond donors (Lipinski definition) is 1. The van der Waals surface area contributed by atoms with Gasteiger partial charge < -0.3 is 10.1 Å². The highest BCUT2D eigenvalue weighted by Crippen LogP contribution is 2.31.